The summed E-state index contributed by atoms with van der Waals surface area (Å²) in [6, 6.07) is 3.71. The molecule has 3 aromatic rings. The molecule has 38 heavy (non-hydrogen) atoms. The number of aryl methyl sites for hydroxylation is 2. The van der Waals surface area contributed by atoms with Gasteiger partial charge in [-0.25, -0.2) is 9.97 Å². The van der Waals surface area contributed by atoms with Crippen molar-refractivity contribution >= 4 is 51.4 Å². The Morgan fingerprint density at radius 3 is 2.66 bits per heavy atom. The van der Waals surface area contributed by atoms with Crippen molar-refractivity contribution in [1.82, 2.24) is 19.8 Å². The summed E-state index contributed by atoms with van der Waals surface area (Å²) < 4.78 is 6.20. The number of ether oxygens (including phenoxy) is 1. The molecule has 0 unspecified atom stereocenters. The lowest BCUT2D eigenvalue weighted by atomic mass is 9.97. The van der Waals surface area contributed by atoms with E-state index in [1.54, 1.807) is 31.8 Å². The number of piperidine rings is 1. The predicted molar refractivity (Wildman–Crippen MR) is 156 cm³/mol. The summed E-state index contributed by atoms with van der Waals surface area (Å²) in [5.41, 5.74) is 9.57. The number of benzene rings is 1. The number of nitrogens with one attached hydrogen (secondary N) is 2. The van der Waals surface area contributed by atoms with Gasteiger partial charge in [0.25, 0.3) is 0 Å². The molecule has 0 atom stereocenters. The minimum Gasteiger partial charge on any atom is -0.491 e. The highest BCUT2D eigenvalue weighted by atomic mass is 32.1. The number of fused-ring (bicyclic) bond motifs is 3. The Bertz CT molecular complexity index is 1240. The second kappa shape index (κ2) is 13.5. The number of nitrogens with zero attached hydrogens (tertiary/aromatic N) is 4. The van der Waals surface area contributed by atoms with Gasteiger partial charge in [0, 0.05) is 49.0 Å². The van der Waals surface area contributed by atoms with E-state index in [0.717, 1.165) is 53.9 Å². The number of nitrogens with two attached hydrogens (primary N) is 1. The molecule has 0 saturated carbocycles. The topological polar surface area (TPSA) is 120 Å². The number of carbonyl (C=O) groups excluding carboxylic acids is 1. The monoisotopic (exact) mass is 537 g/mol. The number of hydrogen-bond donors (Lipinski definition) is 3. The minimum absolute atomic E-state index is 0.544. The molecule has 9 nitrogen and oxygen atoms in total. The van der Waals surface area contributed by atoms with Crippen LogP contribution in [-0.4, -0.2) is 72.7 Å². The van der Waals surface area contributed by atoms with Gasteiger partial charge in [-0.15, -0.1) is 11.3 Å². The lowest BCUT2D eigenvalue weighted by Gasteiger charge is -2.26. The molecule has 3 heterocycles. The van der Waals surface area contributed by atoms with Gasteiger partial charge >= 0.3 is 0 Å². The van der Waals surface area contributed by atoms with Gasteiger partial charge in [0.05, 0.1) is 17.7 Å². The summed E-state index contributed by atoms with van der Waals surface area (Å²) in [7, 11) is 3.38. The maximum atomic E-state index is 9.43. The van der Waals surface area contributed by atoms with E-state index >= 15 is 0 Å². The summed E-state index contributed by atoms with van der Waals surface area (Å²) in [4.78, 5) is 25.0. The van der Waals surface area contributed by atoms with Crippen LogP contribution in [-0.2, 0) is 17.6 Å². The number of nitrogen functional groups attached to an aromatic ring is 1. The van der Waals surface area contributed by atoms with E-state index in [-0.39, 0.29) is 0 Å². The number of thiophene rings is 1. The first-order valence-electron chi connectivity index (χ1n) is 13.4. The van der Waals surface area contributed by atoms with Crippen LogP contribution >= 0.6 is 11.3 Å². The van der Waals surface area contributed by atoms with Crippen LogP contribution < -0.4 is 15.8 Å². The Morgan fingerprint density at radius 2 is 1.92 bits per heavy atom. The summed E-state index contributed by atoms with van der Waals surface area (Å²) in [6.07, 6.45) is 13.2. The Hall–Kier alpha value is -3.24. The average Bonchev–Trinajstić information content (AvgIpc) is 3.33. The van der Waals surface area contributed by atoms with Gasteiger partial charge in [-0.05, 0) is 69.7 Å². The number of anilines is 3. The highest BCUT2D eigenvalue weighted by Gasteiger charge is 2.21. The molecule has 4 N–H and O–H groups in total. The molecule has 10 heteroatoms. The van der Waals surface area contributed by atoms with E-state index in [9.17, 15) is 4.79 Å². The summed E-state index contributed by atoms with van der Waals surface area (Å²) in [5, 5.41) is 12.4. The molecular formula is C28H39N7O2S. The molecule has 2 aromatic heterocycles. The number of carbonyl (C=O) groups is 1. The predicted octanol–water partition coefficient (Wildman–Crippen LogP) is 4.85. The van der Waals surface area contributed by atoms with Crippen LogP contribution in [0.1, 0.15) is 54.5 Å². The molecular weight excluding hydrogens is 498 g/mol. The standard InChI is InChI=1S/C25H32N6OS.C3H7NO/c26-15-17-13-20(21(14-19(17)27)32-12-6-11-31-9-4-1-5-10-31)30-24-23-18-7-2-3-8-22(18)33-25(23)29-16-28-24;1-4(2)3-5/h13-16,26H,1-12,27H2,(H,28,29,30);3H,1-2H3. The molecule has 1 aliphatic carbocycles. The van der Waals surface area contributed by atoms with Gasteiger partial charge in [-0.1, -0.05) is 6.42 Å². The molecule has 1 fully saturated rings. The van der Waals surface area contributed by atoms with E-state index in [1.165, 1.54) is 66.7 Å². The SMILES string of the molecule is CN(C)C=O.N=Cc1cc(Nc2ncnc3sc4c(c23)CCCC4)c(OCCCN2CCCCC2)cc1N. The third kappa shape index (κ3) is 6.99. The number of hydrogen-bond acceptors (Lipinski definition) is 9. The van der Waals surface area contributed by atoms with E-state index in [0.29, 0.717) is 23.6 Å². The minimum atomic E-state index is 0.544. The van der Waals surface area contributed by atoms with Gasteiger partial charge in [0.1, 0.15) is 22.7 Å². The first-order valence-corrected chi connectivity index (χ1v) is 14.2. The molecule has 0 bridgehead atoms. The fourth-order valence-electron chi connectivity index (χ4n) is 4.92. The van der Waals surface area contributed by atoms with Crippen LogP contribution in [0.15, 0.2) is 18.5 Å². The van der Waals surface area contributed by atoms with Gasteiger partial charge in [0.2, 0.25) is 6.41 Å². The van der Waals surface area contributed by atoms with Crippen LogP contribution in [0.3, 0.4) is 0 Å². The van der Waals surface area contributed by atoms with Crippen LogP contribution in [0.4, 0.5) is 17.2 Å². The number of likely N-dealkylation sites (tertiary alicyclic amines) is 1. The lowest BCUT2D eigenvalue weighted by Crippen LogP contribution is -2.31. The lowest BCUT2D eigenvalue weighted by molar-refractivity contribution is -0.115. The summed E-state index contributed by atoms with van der Waals surface area (Å²) in [6.45, 7) is 4.08. The summed E-state index contributed by atoms with van der Waals surface area (Å²) >= 11 is 1.79. The average molecular weight is 538 g/mol. The zero-order valence-corrected chi connectivity index (χ0v) is 23.3. The maximum absolute atomic E-state index is 9.43. The third-order valence-electron chi connectivity index (χ3n) is 6.88. The summed E-state index contributed by atoms with van der Waals surface area (Å²) in [5.74, 6) is 1.51. The van der Waals surface area contributed by atoms with E-state index < -0.39 is 0 Å². The van der Waals surface area contributed by atoms with E-state index in [1.807, 2.05) is 12.1 Å². The van der Waals surface area contributed by atoms with Crippen molar-refractivity contribution in [2.45, 2.75) is 51.4 Å². The van der Waals surface area contributed by atoms with Crippen molar-refractivity contribution in [2.75, 3.05) is 51.4 Å². The normalized spacial score (nSPS) is 15.2. The number of aromatic nitrogens is 2. The Labute approximate surface area is 228 Å². The Balaban J connectivity index is 0.000000617. The second-order valence-corrected chi connectivity index (χ2v) is 11.1. The maximum Gasteiger partial charge on any atom is 0.209 e. The quantitative estimate of drug-likeness (QED) is 0.154. The molecule has 1 amide bonds. The number of amides is 1. The Morgan fingerprint density at radius 1 is 1.16 bits per heavy atom. The zero-order valence-electron chi connectivity index (χ0n) is 22.5. The molecule has 1 saturated heterocycles. The molecule has 2 aliphatic rings. The largest absolute Gasteiger partial charge is 0.491 e. The molecule has 0 spiro atoms. The van der Waals surface area contributed by atoms with Crippen LogP contribution in [0.25, 0.3) is 10.2 Å². The van der Waals surface area contributed by atoms with Crippen molar-refractivity contribution in [3.05, 3.63) is 34.5 Å². The van der Waals surface area contributed by atoms with E-state index in [2.05, 4.69) is 20.2 Å². The first-order chi connectivity index (χ1) is 18.5. The van der Waals surface area contributed by atoms with Crippen molar-refractivity contribution in [3.8, 4) is 5.75 Å². The molecule has 204 valence electrons. The first kappa shape index (κ1) is 27.8. The van der Waals surface area contributed by atoms with Gasteiger partial charge < -0.3 is 31.0 Å². The highest BCUT2D eigenvalue weighted by molar-refractivity contribution is 7.19. The van der Waals surface area contributed by atoms with E-state index in [4.69, 9.17) is 15.9 Å². The number of rotatable bonds is 9. The molecule has 1 aromatic carbocycles. The molecule has 1 aliphatic heterocycles. The van der Waals surface area contributed by atoms with Gasteiger partial charge in [0.15, 0.2) is 0 Å². The van der Waals surface area contributed by atoms with Gasteiger partial charge in [-0.3, -0.25) is 4.79 Å². The highest BCUT2D eigenvalue weighted by Crippen LogP contribution is 2.40. The second-order valence-electron chi connectivity index (χ2n) is 10.0. The van der Waals surface area contributed by atoms with Crippen LogP contribution in [0.5, 0.6) is 5.75 Å². The van der Waals surface area contributed by atoms with Gasteiger partial charge in [-0.2, -0.15) is 0 Å². The molecule has 0 radical (unpaired) electrons. The van der Waals surface area contributed by atoms with Crippen molar-refractivity contribution < 1.29 is 9.53 Å². The Kier molecular flexibility index (Phi) is 9.89. The van der Waals surface area contributed by atoms with Crippen LogP contribution in [0.2, 0.25) is 0 Å². The zero-order chi connectivity index (χ0) is 26.9. The smallest absolute Gasteiger partial charge is 0.209 e. The molecule has 5 rings (SSSR count). The van der Waals surface area contributed by atoms with Crippen LogP contribution in [0, 0.1) is 5.41 Å². The fourth-order valence-corrected chi connectivity index (χ4v) is 6.15. The third-order valence-corrected chi connectivity index (χ3v) is 8.08. The van der Waals surface area contributed by atoms with Crippen molar-refractivity contribution in [1.29, 1.82) is 5.41 Å². The van der Waals surface area contributed by atoms with Crippen molar-refractivity contribution in [2.24, 2.45) is 0 Å². The fraction of sp³-hybridized carbons (Fsp3) is 0.500. The van der Waals surface area contributed by atoms with Crippen molar-refractivity contribution in [3.63, 3.8) is 0 Å².